The number of alkyl carbamates (subject to hydrolysis) is 1. The molecule has 3 aromatic heterocycles. The molecule has 0 saturated carbocycles. The van der Waals surface area contributed by atoms with Crippen molar-refractivity contribution in [2.45, 2.75) is 78.6 Å². The van der Waals surface area contributed by atoms with Crippen LogP contribution < -0.4 is 10.6 Å². The topological polar surface area (TPSA) is 174 Å². The second-order valence-corrected chi connectivity index (χ2v) is 17.3. The number of anilines is 1. The number of nitrogens with zero attached hydrogens (tertiary/aromatic N) is 6. The van der Waals surface area contributed by atoms with Gasteiger partial charge in [-0.1, -0.05) is 77.9 Å². The minimum absolute atomic E-state index is 0.0216. The number of carbonyl (C=O) groups excluding carboxylic acids is 3. The van der Waals surface area contributed by atoms with Crippen LogP contribution in [0, 0.1) is 23.7 Å². The summed E-state index contributed by atoms with van der Waals surface area (Å²) in [7, 11) is 1.30. The number of hydrogen-bond acceptors (Lipinski definition) is 9. The van der Waals surface area contributed by atoms with Crippen LogP contribution >= 0.6 is 0 Å². The van der Waals surface area contributed by atoms with Crippen LogP contribution in [0.15, 0.2) is 79.1 Å². The number of H-pyrrole nitrogens is 2. The summed E-state index contributed by atoms with van der Waals surface area (Å²) in [6.07, 6.45) is 4.31. The minimum atomic E-state index is -0.699. The standard InChI is InChI=1S/C46H54N10O4/c1-25(2)39(53-45-47-17-8-18-48-45)43(57)55-23-27(5)19-37(55)41-49-33-15-13-31(21-35(33)51-41)29-9-11-30(12-10-29)32-14-16-34-36(22-32)52-42(50-34)38-20-28(6)24-56(38)44(58)40(26(3)4)54-46(59)60-7/h8-18,21-22,25-28,37-40H,19-20,23-24H2,1-7H3,(H,49,51)(H,50,52)(H,54,59)(H,47,48,53)/t27-,28-,37-,38-,39-,40-/m0/s1. The monoisotopic (exact) mass is 810 g/mol. The third-order valence-corrected chi connectivity index (χ3v) is 11.9. The molecule has 6 atom stereocenters. The molecule has 2 aliphatic heterocycles. The van der Waals surface area contributed by atoms with E-state index >= 15 is 0 Å². The summed E-state index contributed by atoms with van der Waals surface area (Å²) in [5.74, 6) is 2.39. The zero-order chi connectivity index (χ0) is 42.2. The van der Waals surface area contributed by atoms with Gasteiger partial charge in [-0.3, -0.25) is 9.59 Å². The van der Waals surface area contributed by atoms with Crippen molar-refractivity contribution in [2.24, 2.45) is 23.7 Å². The molecular weight excluding hydrogens is 757 g/mol. The van der Waals surface area contributed by atoms with Crippen LogP contribution in [0.25, 0.3) is 44.3 Å². The van der Waals surface area contributed by atoms with Gasteiger partial charge in [0.15, 0.2) is 0 Å². The summed E-state index contributed by atoms with van der Waals surface area (Å²) < 4.78 is 4.80. The summed E-state index contributed by atoms with van der Waals surface area (Å²) in [6, 6.07) is 21.1. The highest BCUT2D eigenvalue weighted by Crippen LogP contribution is 2.38. The van der Waals surface area contributed by atoms with Crippen molar-refractivity contribution in [3.05, 3.63) is 90.8 Å². The summed E-state index contributed by atoms with van der Waals surface area (Å²) in [4.78, 5) is 69.4. The van der Waals surface area contributed by atoms with Gasteiger partial charge in [-0.25, -0.2) is 24.7 Å². The van der Waals surface area contributed by atoms with Crippen molar-refractivity contribution < 1.29 is 19.1 Å². The number of hydrogen-bond donors (Lipinski definition) is 4. The maximum Gasteiger partial charge on any atom is 0.407 e. The highest BCUT2D eigenvalue weighted by atomic mass is 16.5. The van der Waals surface area contributed by atoms with E-state index in [1.165, 1.54) is 7.11 Å². The summed E-state index contributed by atoms with van der Waals surface area (Å²) in [5.41, 5.74) is 7.75. The van der Waals surface area contributed by atoms with E-state index in [-0.39, 0.29) is 41.7 Å². The molecule has 14 nitrogen and oxygen atoms in total. The number of methoxy groups -OCH3 is 1. The van der Waals surface area contributed by atoms with Gasteiger partial charge in [0, 0.05) is 25.5 Å². The quantitative estimate of drug-likeness (QED) is 0.101. The Labute approximate surface area is 349 Å². The maximum absolute atomic E-state index is 14.1. The van der Waals surface area contributed by atoms with E-state index in [0.717, 1.165) is 68.8 Å². The predicted octanol–water partition coefficient (Wildman–Crippen LogP) is 7.90. The second-order valence-electron chi connectivity index (χ2n) is 17.3. The first kappa shape index (κ1) is 40.5. The molecule has 5 heterocycles. The molecule has 60 heavy (non-hydrogen) atoms. The number of amides is 3. The van der Waals surface area contributed by atoms with Crippen molar-refractivity contribution in [2.75, 3.05) is 25.5 Å². The van der Waals surface area contributed by atoms with Crippen LogP contribution in [0.4, 0.5) is 10.7 Å². The van der Waals surface area contributed by atoms with Crippen LogP contribution in [0.1, 0.15) is 78.1 Å². The Balaban J connectivity index is 0.986. The number of benzene rings is 3. The van der Waals surface area contributed by atoms with E-state index in [4.69, 9.17) is 14.7 Å². The van der Waals surface area contributed by atoms with Crippen molar-refractivity contribution >= 4 is 45.9 Å². The SMILES string of the molecule is COC(=O)N[C@H](C(=O)N1C[C@@H](C)C[C@H]1c1nc2ccc(-c3ccc(-c4ccc5nc([C@@H]6C[C@H](C)CN6C(=O)[C@@H](Nc6ncccn6)C(C)C)[nH]c5c4)cc3)cc2[nH]1)C(C)C. The van der Waals surface area contributed by atoms with Gasteiger partial charge in [0.25, 0.3) is 0 Å². The molecule has 312 valence electrons. The van der Waals surface area contributed by atoms with Crippen LogP contribution in [0.3, 0.4) is 0 Å². The lowest BCUT2D eigenvalue weighted by molar-refractivity contribution is -0.136. The van der Waals surface area contributed by atoms with Gasteiger partial charge in [0.05, 0.1) is 41.3 Å². The summed E-state index contributed by atoms with van der Waals surface area (Å²) in [6.45, 7) is 13.4. The second kappa shape index (κ2) is 16.7. The number of fused-ring (bicyclic) bond motifs is 2. The van der Waals surface area contributed by atoms with E-state index in [1.807, 2.05) is 49.6 Å². The van der Waals surface area contributed by atoms with Gasteiger partial charge in [-0.2, -0.15) is 0 Å². The van der Waals surface area contributed by atoms with Crippen molar-refractivity contribution in [1.29, 1.82) is 0 Å². The van der Waals surface area contributed by atoms with E-state index in [0.29, 0.717) is 25.0 Å². The van der Waals surface area contributed by atoms with Gasteiger partial charge in [-0.15, -0.1) is 0 Å². The number of imidazole rings is 2. The normalized spacial score (nSPS) is 20.3. The molecule has 0 unspecified atom stereocenters. The largest absolute Gasteiger partial charge is 0.453 e. The zero-order valence-electron chi connectivity index (χ0n) is 35.3. The molecule has 0 aliphatic carbocycles. The maximum atomic E-state index is 14.1. The summed E-state index contributed by atoms with van der Waals surface area (Å²) >= 11 is 0. The zero-order valence-corrected chi connectivity index (χ0v) is 35.3. The van der Waals surface area contributed by atoms with Gasteiger partial charge >= 0.3 is 6.09 Å². The van der Waals surface area contributed by atoms with Crippen LogP contribution in [-0.4, -0.2) is 89.9 Å². The van der Waals surface area contributed by atoms with E-state index in [1.54, 1.807) is 18.5 Å². The number of aromatic amines is 2. The lowest BCUT2D eigenvalue weighted by Crippen LogP contribution is -2.51. The Hall–Kier alpha value is -6.31. The lowest BCUT2D eigenvalue weighted by atomic mass is 10.00. The van der Waals surface area contributed by atoms with Crippen LogP contribution in [0.5, 0.6) is 0 Å². The molecule has 14 heteroatoms. The number of nitrogens with one attached hydrogen (secondary N) is 4. The fourth-order valence-corrected chi connectivity index (χ4v) is 8.77. The molecule has 0 radical (unpaired) electrons. The molecule has 2 saturated heterocycles. The Morgan fingerprint density at radius 3 is 1.58 bits per heavy atom. The molecule has 0 spiro atoms. The number of likely N-dealkylation sites (tertiary alicyclic amines) is 2. The third kappa shape index (κ3) is 8.15. The lowest BCUT2D eigenvalue weighted by Gasteiger charge is -2.30. The smallest absolute Gasteiger partial charge is 0.407 e. The van der Waals surface area contributed by atoms with Gasteiger partial charge < -0.3 is 35.1 Å². The fraction of sp³-hybridized carbons (Fsp3) is 0.413. The van der Waals surface area contributed by atoms with Gasteiger partial charge in [0.2, 0.25) is 17.8 Å². The number of rotatable bonds is 11. The highest BCUT2D eigenvalue weighted by molar-refractivity contribution is 5.88. The Morgan fingerprint density at radius 1 is 0.683 bits per heavy atom. The van der Waals surface area contributed by atoms with E-state index < -0.39 is 18.2 Å². The first-order valence-electron chi connectivity index (χ1n) is 21.0. The average Bonchev–Trinajstić information content (AvgIpc) is 4.05. The van der Waals surface area contributed by atoms with Crippen molar-refractivity contribution in [1.82, 2.24) is 45.0 Å². The molecule has 3 aromatic carbocycles. The highest BCUT2D eigenvalue weighted by Gasteiger charge is 2.41. The molecule has 3 amide bonds. The Kier molecular flexibility index (Phi) is 11.3. The van der Waals surface area contributed by atoms with Crippen LogP contribution in [-0.2, 0) is 14.3 Å². The molecule has 8 rings (SSSR count). The fourth-order valence-electron chi connectivity index (χ4n) is 8.77. The first-order chi connectivity index (χ1) is 28.9. The molecular formula is C46H54N10O4. The van der Waals surface area contributed by atoms with Crippen LogP contribution in [0.2, 0.25) is 0 Å². The molecule has 6 aromatic rings. The molecule has 2 aliphatic rings. The molecule has 4 N–H and O–H groups in total. The van der Waals surface area contributed by atoms with Gasteiger partial charge in [-0.05, 0) is 89.1 Å². The number of aromatic nitrogens is 6. The third-order valence-electron chi connectivity index (χ3n) is 11.9. The Morgan fingerprint density at radius 2 is 1.13 bits per heavy atom. The molecule has 2 fully saturated rings. The van der Waals surface area contributed by atoms with E-state index in [9.17, 15) is 14.4 Å². The number of carbonyl (C=O) groups is 3. The van der Waals surface area contributed by atoms with E-state index in [2.05, 4.69) is 92.9 Å². The minimum Gasteiger partial charge on any atom is -0.453 e. The van der Waals surface area contributed by atoms with Crippen molar-refractivity contribution in [3.8, 4) is 22.3 Å². The predicted molar refractivity (Wildman–Crippen MR) is 232 cm³/mol. The average molecular weight is 811 g/mol. The first-order valence-corrected chi connectivity index (χ1v) is 21.0. The van der Waals surface area contributed by atoms with Gasteiger partial charge in [0.1, 0.15) is 23.7 Å². The number of ether oxygens (including phenoxy) is 1. The Bertz CT molecular complexity index is 2500. The summed E-state index contributed by atoms with van der Waals surface area (Å²) in [5, 5.41) is 6.00. The van der Waals surface area contributed by atoms with Crippen molar-refractivity contribution in [3.63, 3.8) is 0 Å². The molecule has 0 bridgehead atoms.